The first-order valence-electron chi connectivity index (χ1n) is 6.11. The van der Waals surface area contributed by atoms with Crippen molar-refractivity contribution in [2.75, 3.05) is 11.9 Å². The predicted molar refractivity (Wildman–Crippen MR) is 78.6 cm³/mol. The van der Waals surface area contributed by atoms with Crippen molar-refractivity contribution in [3.63, 3.8) is 0 Å². The van der Waals surface area contributed by atoms with Crippen LogP contribution in [0.1, 0.15) is 23.4 Å². The molecule has 0 spiro atoms. The number of aryl methyl sites for hydroxylation is 1. The molecule has 1 aromatic carbocycles. The standard InChI is InChI=1S/C15H16N2OS/c1-11-6-9-19-15(11)12(2)17-13-4-3-5-14(10-13)18-8-7-16/h3-6,9-10,12,17H,8H2,1-2H3. The molecular weight excluding hydrogens is 256 g/mol. The summed E-state index contributed by atoms with van der Waals surface area (Å²) in [6.07, 6.45) is 0. The van der Waals surface area contributed by atoms with Crippen LogP contribution in [0.15, 0.2) is 35.7 Å². The molecule has 1 unspecified atom stereocenters. The van der Waals surface area contributed by atoms with Crippen molar-refractivity contribution in [1.82, 2.24) is 0 Å². The SMILES string of the molecule is Cc1ccsc1C(C)Nc1cccc(OCC#N)c1. The Morgan fingerprint density at radius 1 is 1.42 bits per heavy atom. The molecule has 1 N–H and O–H groups in total. The number of nitrogens with one attached hydrogen (secondary N) is 1. The van der Waals surface area contributed by atoms with E-state index in [0.717, 1.165) is 5.69 Å². The maximum Gasteiger partial charge on any atom is 0.174 e. The van der Waals surface area contributed by atoms with Gasteiger partial charge in [0.15, 0.2) is 6.61 Å². The molecule has 1 aromatic heterocycles. The molecule has 98 valence electrons. The Hall–Kier alpha value is -1.99. The van der Waals surface area contributed by atoms with Gasteiger partial charge in [0.2, 0.25) is 0 Å². The van der Waals surface area contributed by atoms with Crippen LogP contribution < -0.4 is 10.1 Å². The Kier molecular flexibility index (Phi) is 4.43. The van der Waals surface area contributed by atoms with Crippen LogP contribution in [-0.4, -0.2) is 6.61 Å². The van der Waals surface area contributed by atoms with Gasteiger partial charge in [-0.05, 0) is 43.0 Å². The monoisotopic (exact) mass is 272 g/mol. The zero-order valence-electron chi connectivity index (χ0n) is 11.0. The first kappa shape index (κ1) is 13.4. The summed E-state index contributed by atoms with van der Waals surface area (Å²) in [5, 5.41) is 14.1. The number of anilines is 1. The van der Waals surface area contributed by atoms with E-state index in [2.05, 4.69) is 30.6 Å². The molecule has 4 heteroatoms. The van der Waals surface area contributed by atoms with Crippen LogP contribution in [0, 0.1) is 18.3 Å². The number of nitriles is 1. The van der Waals surface area contributed by atoms with Crippen LogP contribution >= 0.6 is 11.3 Å². The Bertz CT molecular complexity index is 586. The van der Waals surface area contributed by atoms with Crippen LogP contribution in [-0.2, 0) is 0 Å². The van der Waals surface area contributed by atoms with E-state index in [1.54, 1.807) is 11.3 Å². The van der Waals surface area contributed by atoms with Gasteiger partial charge in [0.25, 0.3) is 0 Å². The second-order valence-electron chi connectivity index (χ2n) is 4.31. The van der Waals surface area contributed by atoms with Crippen LogP contribution in [0.4, 0.5) is 5.69 Å². The van der Waals surface area contributed by atoms with Gasteiger partial charge in [-0.25, -0.2) is 0 Å². The van der Waals surface area contributed by atoms with Crippen LogP contribution in [0.3, 0.4) is 0 Å². The van der Waals surface area contributed by atoms with Crippen molar-refractivity contribution < 1.29 is 4.74 Å². The van der Waals surface area contributed by atoms with Crippen molar-refractivity contribution in [3.05, 3.63) is 46.2 Å². The lowest BCUT2D eigenvalue weighted by atomic mass is 10.2. The minimum atomic E-state index is 0.0725. The summed E-state index contributed by atoms with van der Waals surface area (Å²) >= 11 is 1.76. The highest BCUT2D eigenvalue weighted by Crippen LogP contribution is 2.28. The lowest BCUT2D eigenvalue weighted by molar-refractivity contribution is 0.368. The highest BCUT2D eigenvalue weighted by atomic mass is 32.1. The van der Waals surface area contributed by atoms with Gasteiger partial charge in [-0.2, -0.15) is 5.26 Å². The zero-order valence-corrected chi connectivity index (χ0v) is 11.8. The topological polar surface area (TPSA) is 45.0 Å². The minimum absolute atomic E-state index is 0.0725. The minimum Gasteiger partial charge on any atom is -0.479 e. The summed E-state index contributed by atoms with van der Waals surface area (Å²) in [5.41, 5.74) is 2.30. The number of hydrogen-bond donors (Lipinski definition) is 1. The highest BCUT2D eigenvalue weighted by molar-refractivity contribution is 7.10. The number of nitrogens with zero attached hydrogens (tertiary/aromatic N) is 1. The number of benzene rings is 1. The Morgan fingerprint density at radius 3 is 2.95 bits per heavy atom. The second kappa shape index (κ2) is 6.26. The fraction of sp³-hybridized carbons (Fsp3) is 0.267. The summed E-state index contributed by atoms with van der Waals surface area (Å²) in [5.74, 6) is 0.710. The molecule has 1 heterocycles. The third-order valence-corrected chi connectivity index (χ3v) is 4.02. The number of rotatable bonds is 5. The molecule has 1 atom stereocenters. The summed E-state index contributed by atoms with van der Waals surface area (Å²) < 4.78 is 5.29. The first-order chi connectivity index (χ1) is 9.20. The van der Waals surface area contributed by atoms with Crippen molar-refractivity contribution in [2.45, 2.75) is 19.9 Å². The fourth-order valence-corrected chi connectivity index (χ4v) is 2.87. The van der Waals surface area contributed by atoms with Gasteiger partial charge < -0.3 is 10.1 Å². The average molecular weight is 272 g/mol. The van der Waals surface area contributed by atoms with Crippen molar-refractivity contribution in [1.29, 1.82) is 5.26 Å². The van der Waals surface area contributed by atoms with E-state index in [4.69, 9.17) is 10.00 Å². The largest absolute Gasteiger partial charge is 0.479 e. The van der Waals surface area contributed by atoms with Gasteiger partial charge >= 0.3 is 0 Å². The molecule has 0 aliphatic rings. The molecule has 0 amide bonds. The molecule has 0 saturated heterocycles. The first-order valence-corrected chi connectivity index (χ1v) is 6.99. The second-order valence-corrected chi connectivity index (χ2v) is 5.26. The Labute approximate surface area is 117 Å². The van der Waals surface area contributed by atoms with Gasteiger partial charge in [-0.15, -0.1) is 11.3 Å². The van der Waals surface area contributed by atoms with Crippen molar-refractivity contribution in [3.8, 4) is 11.8 Å². The van der Waals surface area contributed by atoms with E-state index in [1.165, 1.54) is 10.4 Å². The van der Waals surface area contributed by atoms with Gasteiger partial charge in [0.05, 0.1) is 6.04 Å². The number of ether oxygens (including phenoxy) is 1. The van der Waals surface area contributed by atoms with E-state index in [9.17, 15) is 0 Å². The van der Waals surface area contributed by atoms with E-state index in [-0.39, 0.29) is 12.6 Å². The maximum absolute atomic E-state index is 8.51. The fourth-order valence-electron chi connectivity index (χ4n) is 1.93. The summed E-state index contributed by atoms with van der Waals surface area (Å²) in [6.45, 7) is 4.33. The van der Waals surface area contributed by atoms with Crippen LogP contribution in [0.5, 0.6) is 5.75 Å². The lowest BCUT2D eigenvalue weighted by Crippen LogP contribution is -2.06. The predicted octanol–water partition coefficient (Wildman–Crippen LogP) is 4.13. The van der Waals surface area contributed by atoms with Crippen LogP contribution in [0.25, 0.3) is 0 Å². The number of thiophene rings is 1. The molecule has 0 aliphatic carbocycles. The molecule has 3 nitrogen and oxygen atoms in total. The molecule has 2 aromatic rings. The molecular formula is C15H16N2OS. The lowest BCUT2D eigenvalue weighted by Gasteiger charge is -2.15. The Morgan fingerprint density at radius 2 is 2.26 bits per heavy atom. The van der Waals surface area contributed by atoms with Crippen molar-refractivity contribution in [2.24, 2.45) is 0 Å². The molecule has 19 heavy (non-hydrogen) atoms. The molecule has 0 fully saturated rings. The molecule has 0 saturated carbocycles. The molecule has 0 aliphatic heterocycles. The number of hydrogen-bond acceptors (Lipinski definition) is 4. The average Bonchev–Trinajstić information content (AvgIpc) is 2.83. The molecule has 0 radical (unpaired) electrons. The third kappa shape index (κ3) is 3.49. The van der Waals surface area contributed by atoms with E-state index < -0.39 is 0 Å². The Balaban J connectivity index is 2.07. The summed E-state index contributed by atoms with van der Waals surface area (Å²) in [7, 11) is 0. The zero-order chi connectivity index (χ0) is 13.7. The highest BCUT2D eigenvalue weighted by Gasteiger charge is 2.09. The normalized spacial score (nSPS) is 11.6. The maximum atomic E-state index is 8.51. The summed E-state index contributed by atoms with van der Waals surface area (Å²) in [6, 6.07) is 12.0. The van der Waals surface area contributed by atoms with Gasteiger partial charge in [0.1, 0.15) is 11.8 Å². The van der Waals surface area contributed by atoms with Gasteiger partial charge in [-0.1, -0.05) is 6.07 Å². The van der Waals surface area contributed by atoms with E-state index in [0.29, 0.717) is 5.75 Å². The smallest absolute Gasteiger partial charge is 0.174 e. The summed E-state index contributed by atoms with van der Waals surface area (Å²) in [4.78, 5) is 1.34. The van der Waals surface area contributed by atoms with Gasteiger partial charge in [0, 0.05) is 16.6 Å². The van der Waals surface area contributed by atoms with Gasteiger partial charge in [-0.3, -0.25) is 0 Å². The third-order valence-electron chi connectivity index (χ3n) is 2.82. The molecule has 0 bridgehead atoms. The molecule has 2 rings (SSSR count). The van der Waals surface area contributed by atoms with E-state index >= 15 is 0 Å². The van der Waals surface area contributed by atoms with E-state index in [1.807, 2.05) is 30.3 Å². The van der Waals surface area contributed by atoms with Crippen LogP contribution in [0.2, 0.25) is 0 Å². The van der Waals surface area contributed by atoms with Crippen molar-refractivity contribution >= 4 is 17.0 Å². The quantitative estimate of drug-likeness (QED) is 0.890.